The van der Waals surface area contributed by atoms with Gasteiger partial charge in [-0.05, 0) is 60.4 Å². The average molecular weight is 512 g/mol. The van der Waals surface area contributed by atoms with Crippen molar-refractivity contribution >= 4 is 29.1 Å². The Labute approximate surface area is 220 Å². The van der Waals surface area contributed by atoms with Crippen molar-refractivity contribution in [2.75, 3.05) is 5.32 Å². The van der Waals surface area contributed by atoms with Crippen LogP contribution in [0.2, 0.25) is 0 Å². The van der Waals surface area contributed by atoms with Gasteiger partial charge in [-0.25, -0.2) is 4.98 Å². The Kier molecular flexibility index (Phi) is 7.70. The smallest absolute Gasteiger partial charge is 0.221 e. The molecular formula is C30H29N3O3S. The van der Waals surface area contributed by atoms with Crippen LogP contribution in [0.25, 0.3) is 0 Å². The maximum absolute atomic E-state index is 12.7. The minimum atomic E-state index is -0.231. The van der Waals surface area contributed by atoms with E-state index < -0.39 is 0 Å². The number of benzene rings is 3. The highest BCUT2D eigenvalue weighted by Gasteiger charge is 2.25. The molecule has 3 aromatic carbocycles. The molecule has 0 aliphatic heterocycles. The van der Waals surface area contributed by atoms with Crippen LogP contribution >= 0.6 is 11.8 Å². The minimum Gasteiger partial charge on any atom is -0.485 e. The third-order valence-corrected chi connectivity index (χ3v) is 7.49. The van der Waals surface area contributed by atoms with Crippen LogP contribution in [0.4, 0.5) is 5.69 Å². The number of carbonyl (C=O) groups is 2. The number of thioether (sulfide) groups is 1. The fourth-order valence-corrected chi connectivity index (χ4v) is 5.63. The molecule has 2 N–H and O–H groups in total. The Morgan fingerprint density at radius 1 is 1.08 bits per heavy atom. The number of nitrogens with one attached hydrogen (secondary N) is 2. The number of Topliss-reactive ketones (excluding diaryl/α,β-unsaturated/α-hetero) is 1. The molecule has 1 heterocycles. The van der Waals surface area contributed by atoms with Crippen molar-refractivity contribution in [3.8, 4) is 5.75 Å². The van der Waals surface area contributed by atoms with Gasteiger partial charge in [0.1, 0.15) is 17.7 Å². The van der Waals surface area contributed by atoms with E-state index in [1.54, 1.807) is 18.0 Å². The van der Waals surface area contributed by atoms with E-state index in [-0.39, 0.29) is 17.8 Å². The van der Waals surface area contributed by atoms with Crippen LogP contribution in [-0.2, 0) is 23.4 Å². The summed E-state index contributed by atoms with van der Waals surface area (Å²) in [5, 5.41) is 2.80. The van der Waals surface area contributed by atoms with Crippen LogP contribution in [0.1, 0.15) is 58.7 Å². The van der Waals surface area contributed by atoms with Crippen molar-refractivity contribution < 1.29 is 14.3 Å². The highest BCUT2D eigenvalue weighted by molar-refractivity contribution is 7.98. The number of rotatable bonds is 9. The molecule has 0 saturated carbocycles. The van der Waals surface area contributed by atoms with Gasteiger partial charge in [0.05, 0.1) is 0 Å². The summed E-state index contributed by atoms with van der Waals surface area (Å²) in [6, 6.07) is 21.9. The van der Waals surface area contributed by atoms with Crippen LogP contribution in [0.3, 0.4) is 0 Å². The van der Waals surface area contributed by atoms with Crippen molar-refractivity contribution in [1.82, 2.24) is 9.97 Å². The van der Waals surface area contributed by atoms with Crippen molar-refractivity contribution in [2.45, 2.75) is 49.4 Å². The van der Waals surface area contributed by atoms with Gasteiger partial charge in [0.25, 0.3) is 0 Å². The van der Waals surface area contributed by atoms with E-state index in [9.17, 15) is 9.59 Å². The Hall–Kier alpha value is -3.84. The zero-order valence-corrected chi connectivity index (χ0v) is 21.5. The second-order valence-electron chi connectivity index (χ2n) is 9.10. The van der Waals surface area contributed by atoms with Crippen LogP contribution in [0.15, 0.2) is 84.0 Å². The number of carbonyl (C=O) groups excluding carboxylic acids is 2. The summed E-state index contributed by atoms with van der Waals surface area (Å²) < 4.78 is 6.73. The minimum absolute atomic E-state index is 0.0923. The van der Waals surface area contributed by atoms with Gasteiger partial charge < -0.3 is 15.0 Å². The van der Waals surface area contributed by atoms with Crippen LogP contribution < -0.4 is 10.1 Å². The summed E-state index contributed by atoms with van der Waals surface area (Å²) in [5.74, 6) is 2.45. The molecule has 5 rings (SSSR count). The number of H-pyrrole nitrogens is 1. The van der Waals surface area contributed by atoms with E-state index in [0.717, 1.165) is 57.3 Å². The molecule has 4 aromatic rings. The number of amides is 1. The molecule has 0 spiro atoms. The highest BCUT2D eigenvalue weighted by atomic mass is 32.2. The molecule has 1 aliphatic carbocycles. The Bertz CT molecular complexity index is 1370. The number of aromatic nitrogens is 2. The molecule has 1 aromatic heterocycles. The first-order valence-corrected chi connectivity index (χ1v) is 13.4. The third kappa shape index (κ3) is 6.12. The summed E-state index contributed by atoms with van der Waals surface area (Å²) in [6.45, 7) is 1.50. The second-order valence-corrected chi connectivity index (χ2v) is 10.1. The van der Waals surface area contributed by atoms with Crippen LogP contribution in [-0.4, -0.2) is 21.7 Å². The van der Waals surface area contributed by atoms with Crippen LogP contribution in [0, 0.1) is 0 Å². The fraction of sp³-hybridized carbons (Fsp3) is 0.233. The zero-order chi connectivity index (χ0) is 25.6. The van der Waals surface area contributed by atoms with Gasteiger partial charge in [0.2, 0.25) is 5.91 Å². The Morgan fingerprint density at radius 2 is 1.89 bits per heavy atom. The van der Waals surface area contributed by atoms with Gasteiger partial charge in [0, 0.05) is 59.6 Å². The Balaban J connectivity index is 1.45. The number of nitrogens with zero attached hydrogens (tertiary/aromatic N) is 1. The molecule has 1 amide bonds. The lowest BCUT2D eigenvalue weighted by molar-refractivity contribution is -0.114. The number of hydrogen-bond donors (Lipinski definition) is 2. The molecule has 0 unspecified atom stereocenters. The molecule has 1 aliphatic rings. The maximum atomic E-state index is 12.7. The normalized spacial score (nSPS) is 13.6. The number of ether oxygens (including phenoxy) is 1. The molecule has 1 atom stereocenters. The van der Waals surface area contributed by atoms with E-state index >= 15 is 0 Å². The first-order chi connectivity index (χ1) is 18.1. The molecule has 7 heteroatoms. The van der Waals surface area contributed by atoms with Gasteiger partial charge in [-0.1, -0.05) is 30.3 Å². The average Bonchev–Trinajstić information content (AvgIpc) is 3.42. The SMILES string of the molecule is CC(=O)Nc1ccc(SCc2c(O[C@@H](Cc3ncc[nH]3)c3ccccc3)ccc3c2CCCC3=O)cc1. The van der Waals surface area contributed by atoms with Gasteiger partial charge in [0.15, 0.2) is 5.78 Å². The van der Waals surface area contributed by atoms with E-state index in [0.29, 0.717) is 18.6 Å². The van der Waals surface area contributed by atoms with Crippen molar-refractivity contribution in [3.63, 3.8) is 0 Å². The van der Waals surface area contributed by atoms with E-state index in [1.165, 1.54) is 6.92 Å². The topological polar surface area (TPSA) is 84.1 Å². The molecule has 0 radical (unpaired) electrons. The van der Waals surface area contributed by atoms with Crippen LogP contribution in [0.5, 0.6) is 5.75 Å². The lowest BCUT2D eigenvalue weighted by Gasteiger charge is -2.25. The van der Waals surface area contributed by atoms with Crippen molar-refractivity contribution in [2.24, 2.45) is 0 Å². The van der Waals surface area contributed by atoms with Gasteiger partial charge in [-0.2, -0.15) is 0 Å². The first kappa shape index (κ1) is 24.8. The molecule has 0 fully saturated rings. The summed E-state index contributed by atoms with van der Waals surface area (Å²) in [5.41, 5.74) is 4.83. The zero-order valence-electron chi connectivity index (χ0n) is 20.7. The monoisotopic (exact) mass is 511 g/mol. The summed E-state index contributed by atoms with van der Waals surface area (Å²) in [7, 11) is 0. The molecule has 37 heavy (non-hydrogen) atoms. The number of aromatic amines is 1. The van der Waals surface area contributed by atoms with E-state index in [2.05, 4.69) is 27.4 Å². The quantitative estimate of drug-likeness (QED) is 0.249. The predicted molar refractivity (Wildman–Crippen MR) is 146 cm³/mol. The summed E-state index contributed by atoms with van der Waals surface area (Å²) in [6.07, 6.45) is 6.25. The molecule has 0 bridgehead atoms. The highest BCUT2D eigenvalue weighted by Crippen LogP contribution is 2.38. The third-order valence-electron chi connectivity index (χ3n) is 6.45. The maximum Gasteiger partial charge on any atom is 0.221 e. The second kappa shape index (κ2) is 11.5. The standard InChI is InChI=1S/C30H29N3O3S/c1-20(34)33-22-10-12-23(13-11-22)37-19-26-24-8-5-9-27(35)25(24)14-15-28(26)36-29(18-30-31-16-17-32-30)21-6-3-2-4-7-21/h2-4,6-7,10-17,29H,5,8-9,18-19H2,1H3,(H,31,32)(H,33,34)/t29-/m0/s1. The number of anilines is 1. The Morgan fingerprint density at radius 3 is 2.62 bits per heavy atom. The van der Waals surface area contributed by atoms with E-state index in [1.807, 2.05) is 60.8 Å². The fourth-order valence-electron chi connectivity index (χ4n) is 4.67. The number of hydrogen-bond acceptors (Lipinski definition) is 5. The number of ketones is 1. The first-order valence-electron chi connectivity index (χ1n) is 12.4. The molecular weight excluding hydrogens is 482 g/mol. The van der Waals surface area contributed by atoms with Crippen molar-refractivity contribution in [1.29, 1.82) is 0 Å². The van der Waals surface area contributed by atoms with Crippen molar-refractivity contribution in [3.05, 3.63) is 107 Å². The summed E-state index contributed by atoms with van der Waals surface area (Å²) >= 11 is 1.70. The van der Waals surface area contributed by atoms with Gasteiger partial charge in [-0.3, -0.25) is 9.59 Å². The lowest BCUT2D eigenvalue weighted by Crippen LogP contribution is -2.16. The lowest BCUT2D eigenvalue weighted by atomic mass is 9.87. The molecule has 188 valence electrons. The van der Waals surface area contributed by atoms with Gasteiger partial charge in [-0.15, -0.1) is 11.8 Å². The predicted octanol–water partition coefficient (Wildman–Crippen LogP) is 6.54. The van der Waals surface area contributed by atoms with E-state index in [4.69, 9.17) is 4.74 Å². The number of fused-ring (bicyclic) bond motifs is 1. The van der Waals surface area contributed by atoms with Gasteiger partial charge >= 0.3 is 0 Å². The molecule has 0 saturated heterocycles. The number of imidazole rings is 1. The summed E-state index contributed by atoms with van der Waals surface area (Å²) in [4.78, 5) is 32.7. The molecule has 6 nitrogen and oxygen atoms in total. The largest absolute Gasteiger partial charge is 0.485 e.